The highest BCUT2D eigenvalue weighted by atomic mass is 19.3. The van der Waals surface area contributed by atoms with Crippen LogP contribution >= 0.6 is 0 Å². The molecule has 0 fully saturated rings. The molecule has 0 aliphatic carbocycles. The van der Waals surface area contributed by atoms with Crippen LogP contribution in [-0.4, -0.2) is 6.11 Å². The molecule has 1 nitrogen and oxygen atoms in total. The first kappa shape index (κ1) is 26.3. The Morgan fingerprint density at radius 3 is 1.89 bits per heavy atom. The second-order valence-electron chi connectivity index (χ2n) is 9.15. The van der Waals surface area contributed by atoms with Crippen LogP contribution in [0.2, 0.25) is 0 Å². The predicted octanol–water partition coefficient (Wildman–Crippen LogP) is 9.45. The van der Waals surface area contributed by atoms with Crippen LogP contribution in [0.25, 0.3) is 22.3 Å². The fourth-order valence-corrected chi connectivity index (χ4v) is 4.22. The van der Waals surface area contributed by atoms with Gasteiger partial charge in [-0.3, -0.25) is 0 Å². The zero-order chi connectivity index (χ0) is 26.3. The molecule has 0 radical (unpaired) electrons. The fourth-order valence-electron chi connectivity index (χ4n) is 4.22. The lowest BCUT2D eigenvalue weighted by Gasteiger charge is -2.18. The predicted molar refractivity (Wildman–Crippen MR) is 146 cm³/mol. The molecule has 190 valence electrons. The van der Waals surface area contributed by atoms with E-state index in [-0.39, 0.29) is 18.0 Å². The molecule has 4 rings (SSSR count). The van der Waals surface area contributed by atoms with Crippen LogP contribution in [0, 0.1) is 5.82 Å². The SMILES string of the molecule is C=CCCc1ccc(-c2ccc(-c3ccc(CCC(F)(F)Oc4ccc(CC)cc4)cc3)c(F)c2)cc1. The highest BCUT2D eigenvalue weighted by Crippen LogP contribution is 2.30. The number of hydrogen-bond acceptors (Lipinski definition) is 1. The Balaban J connectivity index is 1.38. The van der Waals surface area contributed by atoms with Crippen molar-refractivity contribution < 1.29 is 17.9 Å². The maximum Gasteiger partial charge on any atom is 0.398 e. The number of allylic oxidation sites excluding steroid dienone is 1. The monoisotopic (exact) mass is 500 g/mol. The molecule has 4 aromatic carbocycles. The largest absolute Gasteiger partial charge is 0.433 e. The van der Waals surface area contributed by atoms with E-state index in [2.05, 4.69) is 18.7 Å². The molecule has 0 aliphatic heterocycles. The van der Waals surface area contributed by atoms with Gasteiger partial charge in [-0.05, 0) is 77.3 Å². The van der Waals surface area contributed by atoms with Crippen molar-refractivity contribution in [3.05, 3.63) is 126 Å². The summed E-state index contributed by atoms with van der Waals surface area (Å²) < 4.78 is 48.6. The summed E-state index contributed by atoms with van der Waals surface area (Å²) in [5.41, 5.74) is 5.95. The van der Waals surface area contributed by atoms with Crippen LogP contribution in [-0.2, 0) is 19.3 Å². The molecule has 4 aromatic rings. The molecule has 0 N–H and O–H groups in total. The number of aryl methyl sites for hydroxylation is 3. The quantitative estimate of drug-likeness (QED) is 0.186. The van der Waals surface area contributed by atoms with Crippen molar-refractivity contribution in [3.8, 4) is 28.0 Å². The van der Waals surface area contributed by atoms with E-state index in [4.69, 9.17) is 4.74 Å². The number of benzene rings is 4. The molecule has 0 saturated carbocycles. The molecule has 0 heterocycles. The van der Waals surface area contributed by atoms with Crippen LogP contribution in [0.1, 0.15) is 36.5 Å². The van der Waals surface area contributed by atoms with Gasteiger partial charge in [0.1, 0.15) is 11.6 Å². The molecule has 0 atom stereocenters. The summed E-state index contributed by atoms with van der Waals surface area (Å²) in [6.45, 7) is 5.75. The smallest absolute Gasteiger partial charge is 0.398 e. The normalized spacial score (nSPS) is 11.4. The van der Waals surface area contributed by atoms with Crippen molar-refractivity contribution in [2.24, 2.45) is 0 Å². The van der Waals surface area contributed by atoms with Crippen molar-refractivity contribution in [1.82, 2.24) is 0 Å². The minimum atomic E-state index is -3.28. The van der Waals surface area contributed by atoms with Crippen LogP contribution in [0.15, 0.2) is 104 Å². The highest BCUT2D eigenvalue weighted by molar-refractivity contribution is 5.71. The van der Waals surface area contributed by atoms with E-state index in [0.717, 1.165) is 41.5 Å². The summed E-state index contributed by atoms with van der Waals surface area (Å²) in [6.07, 6.45) is 1.01. The zero-order valence-electron chi connectivity index (χ0n) is 21.0. The Labute approximate surface area is 217 Å². The Morgan fingerprint density at radius 2 is 1.30 bits per heavy atom. The second kappa shape index (κ2) is 12.0. The molecule has 0 aromatic heterocycles. The lowest BCUT2D eigenvalue weighted by Crippen LogP contribution is -2.25. The van der Waals surface area contributed by atoms with E-state index in [1.54, 1.807) is 54.6 Å². The van der Waals surface area contributed by atoms with Crippen LogP contribution < -0.4 is 4.74 Å². The summed E-state index contributed by atoms with van der Waals surface area (Å²) in [7, 11) is 0. The zero-order valence-corrected chi connectivity index (χ0v) is 21.0. The lowest BCUT2D eigenvalue weighted by atomic mass is 9.97. The molecule has 4 heteroatoms. The van der Waals surface area contributed by atoms with Gasteiger partial charge in [0.05, 0.1) is 6.42 Å². The van der Waals surface area contributed by atoms with Crippen molar-refractivity contribution >= 4 is 0 Å². The summed E-state index contributed by atoms with van der Waals surface area (Å²) in [5.74, 6) is -0.171. The number of alkyl halides is 2. The standard InChI is InChI=1S/C33H31F3O/c1-3-5-6-25-7-13-27(14-8-25)29-17-20-31(32(34)23-29)28-15-9-26(10-16-28)21-22-33(35,36)37-30-18-11-24(4-2)12-19-30/h3,7-20,23H,1,4-6,21-22H2,2H3. The van der Waals surface area contributed by atoms with Crippen molar-refractivity contribution in [2.75, 3.05) is 0 Å². The van der Waals surface area contributed by atoms with Crippen molar-refractivity contribution in [1.29, 1.82) is 0 Å². The highest BCUT2D eigenvalue weighted by Gasteiger charge is 2.31. The average molecular weight is 501 g/mol. The third-order valence-electron chi connectivity index (χ3n) is 6.46. The maximum atomic E-state index is 15.0. The Morgan fingerprint density at radius 1 is 0.730 bits per heavy atom. The van der Waals surface area contributed by atoms with Gasteiger partial charge in [0.15, 0.2) is 0 Å². The Hall–Kier alpha value is -3.79. The van der Waals surface area contributed by atoms with Crippen LogP contribution in [0.4, 0.5) is 13.2 Å². The van der Waals surface area contributed by atoms with Gasteiger partial charge in [-0.1, -0.05) is 85.8 Å². The number of ether oxygens (including phenoxy) is 1. The number of rotatable bonds is 11. The molecule has 0 unspecified atom stereocenters. The second-order valence-corrected chi connectivity index (χ2v) is 9.15. The van der Waals surface area contributed by atoms with Gasteiger partial charge in [-0.2, -0.15) is 8.78 Å². The topological polar surface area (TPSA) is 9.23 Å². The molecule has 0 aliphatic rings. The minimum absolute atomic E-state index is 0.143. The average Bonchev–Trinajstić information content (AvgIpc) is 2.92. The van der Waals surface area contributed by atoms with E-state index in [1.807, 2.05) is 31.2 Å². The van der Waals surface area contributed by atoms with Crippen molar-refractivity contribution in [3.63, 3.8) is 0 Å². The molecular formula is C33H31F3O. The summed E-state index contributed by atoms with van der Waals surface area (Å²) >= 11 is 0. The lowest BCUT2D eigenvalue weighted by molar-refractivity contribution is -0.180. The van der Waals surface area contributed by atoms with Crippen LogP contribution in [0.5, 0.6) is 5.75 Å². The molecule has 0 amide bonds. The molecule has 37 heavy (non-hydrogen) atoms. The maximum absolute atomic E-state index is 15.0. The molecule has 0 bridgehead atoms. The Bertz CT molecular complexity index is 1310. The van der Waals surface area contributed by atoms with E-state index < -0.39 is 12.5 Å². The first-order valence-electron chi connectivity index (χ1n) is 12.6. The third kappa shape index (κ3) is 7.13. The van der Waals surface area contributed by atoms with Gasteiger partial charge in [0, 0.05) is 5.56 Å². The molecular weight excluding hydrogens is 469 g/mol. The summed E-state index contributed by atoms with van der Waals surface area (Å²) in [4.78, 5) is 0. The van der Waals surface area contributed by atoms with Gasteiger partial charge in [0.25, 0.3) is 0 Å². The summed E-state index contributed by atoms with van der Waals surface area (Å²) in [5, 5.41) is 0. The van der Waals surface area contributed by atoms with Gasteiger partial charge in [-0.15, -0.1) is 6.58 Å². The van der Waals surface area contributed by atoms with Crippen molar-refractivity contribution in [2.45, 2.75) is 45.1 Å². The van der Waals surface area contributed by atoms with Gasteiger partial charge in [-0.25, -0.2) is 4.39 Å². The third-order valence-corrected chi connectivity index (χ3v) is 6.46. The van der Waals surface area contributed by atoms with E-state index in [9.17, 15) is 8.78 Å². The first-order valence-corrected chi connectivity index (χ1v) is 12.6. The minimum Gasteiger partial charge on any atom is -0.433 e. The fraction of sp³-hybridized carbons (Fsp3) is 0.212. The first-order chi connectivity index (χ1) is 17.9. The Kier molecular flexibility index (Phi) is 8.50. The van der Waals surface area contributed by atoms with E-state index in [0.29, 0.717) is 11.1 Å². The van der Waals surface area contributed by atoms with E-state index >= 15 is 4.39 Å². The molecule has 0 saturated heterocycles. The number of hydrogen-bond donors (Lipinski definition) is 0. The van der Waals surface area contributed by atoms with Gasteiger partial charge < -0.3 is 4.74 Å². The molecule has 0 spiro atoms. The number of halogens is 3. The summed E-state index contributed by atoms with van der Waals surface area (Å²) in [6, 6.07) is 27.1. The van der Waals surface area contributed by atoms with Gasteiger partial charge >= 0.3 is 6.11 Å². The van der Waals surface area contributed by atoms with Gasteiger partial charge in [0.2, 0.25) is 0 Å². The van der Waals surface area contributed by atoms with Crippen LogP contribution in [0.3, 0.4) is 0 Å². The van der Waals surface area contributed by atoms with E-state index in [1.165, 1.54) is 11.6 Å².